The number of rotatable bonds is 7. The average Bonchev–Trinajstić information content (AvgIpc) is 2.60. The minimum absolute atomic E-state index is 0.0645. The highest BCUT2D eigenvalue weighted by atomic mass is 16.5. The molecule has 5 nitrogen and oxygen atoms in total. The van der Waals surface area contributed by atoms with Gasteiger partial charge in [-0.1, -0.05) is 32.9 Å². The van der Waals surface area contributed by atoms with Crippen molar-refractivity contribution >= 4 is 17.9 Å². The molecule has 0 saturated heterocycles. The van der Waals surface area contributed by atoms with Crippen molar-refractivity contribution in [3.63, 3.8) is 0 Å². The monoisotopic (exact) mass is 355 g/mol. The lowest BCUT2D eigenvalue weighted by atomic mass is 9.87. The van der Waals surface area contributed by atoms with Gasteiger partial charge < -0.3 is 14.8 Å². The smallest absolute Gasteiger partial charge is 0.262 e. The molecule has 0 aromatic heterocycles. The van der Waals surface area contributed by atoms with Gasteiger partial charge in [-0.05, 0) is 48.2 Å². The molecule has 138 valence electrons. The SMILES string of the molecule is CCOc1cc(C=O)ccc1OCC(=O)Nc1ccc(C(C)(C)C)cc1. The van der Waals surface area contributed by atoms with Crippen molar-refractivity contribution < 1.29 is 19.1 Å². The lowest BCUT2D eigenvalue weighted by Gasteiger charge is -2.19. The van der Waals surface area contributed by atoms with E-state index in [2.05, 4.69) is 26.1 Å². The Balaban J connectivity index is 1.97. The molecule has 0 aliphatic heterocycles. The van der Waals surface area contributed by atoms with Crippen LogP contribution in [0.25, 0.3) is 0 Å². The summed E-state index contributed by atoms with van der Waals surface area (Å²) >= 11 is 0. The van der Waals surface area contributed by atoms with Crippen LogP contribution in [0, 0.1) is 0 Å². The van der Waals surface area contributed by atoms with Gasteiger partial charge in [0.05, 0.1) is 6.61 Å². The molecule has 0 spiro atoms. The zero-order valence-corrected chi connectivity index (χ0v) is 15.7. The van der Waals surface area contributed by atoms with Gasteiger partial charge in [0.1, 0.15) is 6.29 Å². The Hall–Kier alpha value is -2.82. The Kier molecular flexibility index (Phi) is 6.39. The minimum atomic E-state index is -0.268. The van der Waals surface area contributed by atoms with Gasteiger partial charge in [0, 0.05) is 11.3 Å². The fourth-order valence-electron chi connectivity index (χ4n) is 2.38. The van der Waals surface area contributed by atoms with E-state index in [0.29, 0.717) is 29.4 Å². The zero-order valence-electron chi connectivity index (χ0n) is 15.7. The number of carbonyl (C=O) groups is 2. The Morgan fingerprint density at radius 2 is 1.73 bits per heavy atom. The quantitative estimate of drug-likeness (QED) is 0.756. The van der Waals surface area contributed by atoms with Crippen molar-refractivity contribution in [2.75, 3.05) is 18.5 Å². The molecule has 0 fully saturated rings. The predicted octanol–water partition coefficient (Wildman–Crippen LogP) is 4.21. The molecule has 0 bridgehead atoms. The lowest BCUT2D eigenvalue weighted by Crippen LogP contribution is -2.20. The summed E-state index contributed by atoms with van der Waals surface area (Å²) in [6.07, 6.45) is 0.736. The Labute approximate surface area is 154 Å². The molecule has 5 heteroatoms. The molecule has 0 atom stereocenters. The van der Waals surface area contributed by atoms with Crippen molar-refractivity contribution in [3.8, 4) is 11.5 Å². The van der Waals surface area contributed by atoms with E-state index in [1.165, 1.54) is 5.56 Å². The maximum atomic E-state index is 12.1. The topological polar surface area (TPSA) is 64.6 Å². The first kappa shape index (κ1) is 19.5. The molecule has 0 radical (unpaired) electrons. The van der Waals surface area contributed by atoms with Crippen LogP contribution in [-0.4, -0.2) is 25.4 Å². The van der Waals surface area contributed by atoms with E-state index in [1.54, 1.807) is 18.2 Å². The first-order valence-corrected chi connectivity index (χ1v) is 8.58. The third kappa shape index (κ3) is 5.34. The standard InChI is InChI=1S/C21H25NO4/c1-5-25-19-12-15(13-23)6-11-18(19)26-14-20(24)22-17-9-7-16(8-10-17)21(2,3)4/h6-13H,5,14H2,1-4H3,(H,22,24). The van der Waals surface area contributed by atoms with Crippen LogP contribution < -0.4 is 14.8 Å². The predicted molar refractivity (Wildman–Crippen MR) is 102 cm³/mol. The fraction of sp³-hybridized carbons (Fsp3) is 0.333. The molecule has 26 heavy (non-hydrogen) atoms. The molecule has 0 unspecified atom stereocenters. The molecule has 2 rings (SSSR count). The largest absolute Gasteiger partial charge is 0.490 e. The van der Waals surface area contributed by atoms with Crippen LogP contribution in [0.4, 0.5) is 5.69 Å². The number of nitrogens with one attached hydrogen (secondary N) is 1. The summed E-state index contributed by atoms with van der Waals surface area (Å²) in [5.74, 6) is 0.602. The number of benzene rings is 2. The molecule has 2 aromatic carbocycles. The highest BCUT2D eigenvalue weighted by Gasteiger charge is 2.13. The molecular formula is C21H25NO4. The second-order valence-electron chi connectivity index (χ2n) is 6.92. The minimum Gasteiger partial charge on any atom is -0.490 e. The maximum absolute atomic E-state index is 12.1. The van der Waals surface area contributed by atoms with Crippen LogP contribution in [-0.2, 0) is 10.2 Å². The summed E-state index contributed by atoms with van der Waals surface area (Å²) in [5, 5.41) is 2.80. The first-order chi connectivity index (χ1) is 12.3. The number of hydrogen-bond donors (Lipinski definition) is 1. The highest BCUT2D eigenvalue weighted by Crippen LogP contribution is 2.28. The van der Waals surface area contributed by atoms with Crippen molar-refractivity contribution in [1.82, 2.24) is 0 Å². The number of carbonyl (C=O) groups excluding carboxylic acids is 2. The normalized spacial score (nSPS) is 10.9. The van der Waals surface area contributed by atoms with Gasteiger partial charge in [0.15, 0.2) is 18.1 Å². The van der Waals surface area contributed by atoms with Crippen LogP contribution in [0.15, 0.2) is 42.5 Å². The Morgan fingerprint density at radius 3 is 2.31 bits per heavy atom. The lowest BCUT2D eigenvalue weighted by molar-refractivity contribution is -0.118. The zero-order chi connectivity index (χ0) is 19.2. The summed E-state index contributed by atoms with van der Waals surface area (Å²) in [4.78, 5) is 23.0. The Morgan fingerprint density at radius 1 is 1.04 bits per heavy atom. The van der Waals surface area contributed by atoms with Crippen LogP contribution >= 0.6 is 0 Å². The Bertz CT molecular complexity index is 761. The number of ether oxygens (including phenoxy) is 2. The van der Waals surface area contributed by atoms with Crippen molar-refractivity contribution in [2.24, 2.45) is 0 Å². The number of hydrogen-bond acceptors (Lipinski definition) is 4. The third-order valence-corrected chi connectivity index (χ3v) is 3.80. The molecule has 1 N–H and O–H groups in total. The second-order valence-corrected chi connectivity index (χ2v) is 6.92. The summed E-state index contributed by atoms with van der Waals surface area (Å²) in [6.45, 7) is 8.54. The van der Waals surface area contributed by atoms with Crippen LogP contribution in [0.5, 0.6) is 11.5 Å². The summed E-state index contributed by atoms with van der Waals surface area (Å²) in [5.41, 5.74) is 2.47. The van der Waals surface area contributed by atoms with Crippen LogP contribution in [0.2, 0.25) is 0 Å². The van der Waals surface area contributed by atoms with Gasteiger partial charge in [0.25, 0.3) is 5.91 Å². The molecule has 0 saturated carbocycles. The van der Waals surface area contributed by atoms with Crippen molar-refractivity contribution in [1.29, 1.82) is 0 Å². The van der Waals surface area contributed by atoms with E-state index < -0.39 is 0 Å². The van der Waals surface area contributed by atoms with Crippen LogP contribution in [0.3, 0.4) is 0 Å². The second kappa shape index (κ2) is 8.52. The summed E-state index contributed by atoms with van der Waals surface area (Å²) in [7, 11) is 0. The van der Waals surface area contributed by atoms with E-state index in [1.807, 2.05) is 31.2 Å². The first-order valence-electron chi connectivity index (χ1n) is 8.58. The van der Waals surface area contributed by atoms with E-state index >= 15 is 0 Å². The number of aldehydes is 1. The summed E-state index contributed by atoms with van der Waals surface area (Å²) in [6, 6.07) is 12.6. The van der Waals surface area contributed by atoms with Gasteiger partial charge in [-0.2, -0.15) is 0 Å². The van der Waals surface area contributed by atoms with Gasteiger partial charge in [-0.3, -0.25) is 9.59 Å². The summed E-state index contributed by atoms with van der Waals surface area (Å²) < 4.78 is 11.0. The number of anilines is 1. The molecule has 0 aliphatic carbocycles. The molecule has 0 aliphatic rings. The molecule has 2 aromatic rings. The van der Waals surface area contributed by atoms with E-state index in [4.69, 9.17) is 9.47 Å². The van der Waals surface area contributed by atoms with Gasteiger partial charge >= 0.3 is 0 Å². The van der Waals surface area contributed by atoms with Crippen molar-refractivity contribution in [3.05, 3.63) is 53.6 Å². The van der Waals surface area contributed by atoms with E-state index in [-0.39, 0.29) is 17.9 Å². The fourth-order valence-corrected chi connectivity index (χ4v) is 2.38. The molecule has 1 amide bonds. The molecule has 0 heterocycles. The van der Waals surface area contributed by atoms with Crippen LogP contribution in [0.1, 0.15) is 43.6 Å². The number of amides is 1. The van der Waals surface area contributed by atoms with Gasteiger partial charge in [-0.15, -0.1) is 0 Å². The maximum Gasteiger partial charge on any atom is 0.262 e. The van der Waals surface area contributed by atoms with E-state index in [0.717, 1.165) is 6.29 Å². The van der Waals surface area contributed by atoms with E-state index in [9.17, 15) is 9.59 Å². The van der Waals surface area contributed by atoms with Gasteiger partial charge in [0.2, 0.25) is 0 Å². The highest BCUT2D eigenvalue weighted by molar-refractivity contribution is 5.92. The average molecular weight is 355 g/mol. The van der Waals surface area contributed by atoms with Crippen molar-refractivity contribution in [2.45, 2.75) is 33.1 Å². The molecular weight excluding hydrogens is 330 g/mol. The van der Waals surface area contributed by atoms with Gasteiger partial charge in [-0.25, -0.2) is 0 Å². The third-order valence-electron chi connectivity index (χ3n) is 3.80.